The van der Waals surface area contributed by atoms with Crippen LogP contribution < -0.4 is 16.0 Å². The molecule has 2 aromatic rings. The minimum absolute atomic E-state index is 0.236. The second-order valence-electron chi connectivity index (χ2n) is 4.65. The zero-order valence-corrected chi connectivity index (χ0v) is 12.8. The van der Waals surface area contributed by atoms with Crippen molar-refractivity contribution in [2.45, 2.75) is 40.5 Å². The maximum absolute atomic E-state index is 5.46. The van der Waals surface area contributed by atoms with Gasteiger partial charge in [0.1, 0.15) is 0 Å². The van der Waals surface area contributed by atoms with Gasteiger partial charge in [-0.3, -0.25) is 5.43 Å². The smallest absolute Gasteiger partial charge is 0.323 e. The first-order valence-corrected chi connectivity index (χ1v) is 7.01. The summed E-state index contributed by atoms with van der Waals surface area (Å²) >= 11 is 0. The van der Waals surface area contributed by atoms with E-state index in [0.29, 0.717) is 12.6 Å². The van der Waals surface area contributed by atoms with Gasteiger partial charge in [0.25, 0.3) is 5.95 Å². The topological polar surface area (TPSA) is 104 Å². The summed E-state index contributed by atoms with van der Waals surface area (Å²) in [6.45, 7) is 8.60. The van der Waals surface area contributed by atoms with Crippen LogP contribution in [0.5, 0.6) is 6.01 Å². The summed E-state index contributed by atoms with van der Waals surface area (Å²) in [5.41, 5.74) is 5.59. The van der Waals surface area contributed by atoms with E-state index in [-0.39, 0.29) is 12.0 Å². The molecule has 0 aliphatic heterocycles. The second-order valence-corrected chi connectivity index (χ2v) is 4.65. The molecule has 0 aliphatic rings. The van der Waals surface area contributed by atoms with Crippen LogP contribution in [0.4, 0.5) is 5.95 Å². The average Bonchev–Trinajstić information content (AvgIpc) is 2.79. The summed E-state index contributed by atoms with van der Waals surface area (Å²) in [4.78, 5) is 12.6. The number of nitrogens with two attached hydrogens (primary N) is 1. The van der Waals surface area contributed by atoms with Gasteiger partial charge in [0, 0.05) is 5.69 Å². The summed E-state index contributed by atoms with van der Waals surface area (Å²) in [7, 11) is 0. The Morgan fingerprint density at radius 2 is 1.95 bits per heavy atom. The number of ether oxygens (including phenoxy) is 1. The summed E-state index contributed by atoms with van der Waals surface area (Å²) in [6, 6.07) is 0.236. The molecule has 0 bridgehead atoms. The van der Waals surface area contributed by atoms with Gasteiger partial charge in [0.15, 0.2) is 0 Å². The minimum atomic E-state index is 0.236. The Kier molecular flexibility index (Phi) is 4.69. The molecule has 0 amide bonds. The van der Waals surface area contributed by atoms with E-state index in [9.17, 15) is 0 Å². The molecule has 0 saturated heterocycles. The van der Waals surface area contributed by atoms with Crippen LogP contribution in [0.15, 0.2) is 0 Å². The van der Waals surface area contributed by atoms with Gasteiger partial charge in [-0.2, -0.15) is 20.1 Å². The fourth-order valence-electron chi connectivity index (χ4n) is 2.14. The molecular formula is C13H21N7O. The SMILES string of the molecule is CCCOc1nc(NN)nc(-n2nc(C)c(CC)c2C)n1. The van der Waals surface area contributed by atoms with Crippen LogP contribution in [0.1, 0.15) is 37.2 Å². The summed E-state index contributed by atoms with van der Waals surface area (Å²) < 4.78 is 7.15. The molecule has 21 heavy (non-hydrogen) atoms. The summed E-state index contributed by atoms with van der Waals surface area (Å²) in [5, 5.41) is 4.49. The lowest BCUT2D eigenvalue weighted by atomic mass is 10.1. The number of nitrogens with one attached hydrogen (secondary N) is 1. The average molecular weight is 291 g/mol. The van der Waals surface area contributed by atoms with Crippen LogP contribution >= 0.6 is 0 Å². The molecule has 2 aromatic heterocycles. The number of hydrazine groups is 1. The Bertz CT molecular complexity index is 623. The van der Waals surface area contributed by atoms with Crippen molar-refractivity contribution < 1.29 is 4.74 Å². The standard InChI is InChI=1S/C13H21N7O/c1-5-7-21-13-16-11(18-14)15-12(17-13)20-9(4)10(6-2)8(3)19-20/h5-7,14H2,1-4H3,(H,15,16,17,18). The van der Waals surface area contributed by atoms with Gasteiger partial charge < -0.3 is 4.74 Å². The number of rotatable bonds is 6. The maximum atomic E-state index is 5.46. The number of aryl methyl sites for hydroxylation is 1. The van der Waals surface area contributed by atoms with Crippen molar-refractivity contribution in [3.8, 4) is 12.0 Å². The number of nitrogen functional groups attached to an aromatic ring is 1. The van der Waals surface area contributed by atoms with Gasteiger partial charge in [-0.25, -0.2) is 10.5 Å². The zero-order chi connectivity index (χ0) is 15.4. The number of hydrogen-bond acceptors (Lipinski definition) is 7. The minimum Gasteiger partial charge on any atom is -0.463 e. The van der Waals surface area contributed by atoms with E-state index in [0.717, 1.165) is 24.2 Å². The van der Waals surface area contributed by atoms with Crippen LogP contribution in [0.3, 0.4) is 0 Å². The van der Waals surface area contributed by atoms with E-state index in [2.05, 4.69) is 32.4 Å². The molecule has 0 aliphatic carbocycles. The molecule has 0 atom stereocenters. The molecule has 0 saturated carbocycles. The van der Waals surface area contributed by atoms with Crippen molar-refractivity contribution in [3.05, 3.63) is 17.0 Å². The van der Waals surface area contributed by atoms with Crippen molar-refractivity contribution in [1.82, 2.24) is 24.7 Å². The third kappa shape index (κ3) is 3.10. The fourth-order valence-corrected chi connectivity index (χ4v) is 2.14. The lowest BCUT2D eigenvalue weighted by molar-refractivity contribution is 0.291. The molecule has 0 spiro atoms. The first-order chi connectivity index (χ1) is 10.1. The Labute approximate surface area is 123 Å². The molecular weight excluding hydrogens is 270 g/mol. The molecule has 2 rings (SSSR count). The van der Waals surface area contributed by atoms with Gasteiger partial charge in [-0.15, -0.1) is 0 Å². The number of anilines is 1. The lowest BCUT2D eigenvalue weighted by Crippen LogP contribution is -2.16. The van der Waals surface area contributed by atoms with E-state index in [1.54, 1.807) is 4.68 Å². The number of nitrogens with zero attached hydrogens (tertiary/aromatic N) is 5. The van der Waals surface area contributed by atoms with Crippen molar-refractivity contribution in [2.75, 3.05) is 12.0 Å². The molecule has 0 unspecified atom stereocenters. The number of aromatic nitrogens is 5. The Morgan fingerprint density at radius 3 is 2.52 bits per heavy atom. The Hall–Kier alpha value is -2.22. The van der Waals surface area contributed by atoms with Gasteiger partial charge >= 0.3 is 6.01 Å². The highest BCUT2D eigenvalue weighted by molar-refractivity contribution is 5.33. The van der Waals surface area contributed by atoms with E-state index in [1.165, 1.54) is 5.56 Å². The first-order valence-electron chi connectivity index (χ1n) is 7.01. The van der Waals surface area contributed by atoms with Gasteiger partial charge in [-0.05, 0) is 32.3 Å². The van der Waals surface area contributed by atoms with Gasteiger partial charge in [0.2, 0.25) is 5.95 Å². The van der Waals surface area contributed by atoms with Crippen LogP contribution in [0.2, 0.25) is 0 Å². The Morgan fingerprint density at radius 1 is 1.19 bits per heavy atom. The van der Waals surface area contributed by atoms with E-state index in [1.807, 2.05) is 20.8 Å². The van der Waals surface area contributed by atoms with Crippen LogP contribution in [-0.2, 0) is 6.42 Å². The highest BCUT2D eigenvalue weighted by atomic mass is 16.5. The highest BCUT2D eigenvalue weighted by Gasteiger charge is 2.15. The van der Waals surface area contributed by atoms with Crippen molar-refractivity contribution in [1.29, 1.82) is 0 Å². The summed E-state index contributed by atoms with van der Waals surface area (Å²) in [6.07, 6.45) is 1.77. The zero-order valence-electron chi connectivity index (χ0n) is 12.8. The van der Waals surface area contributed by atoms with Crippen molar-refractivity contribution in [2.24, 2.45) is 5.84 Å². The van der Waals surface area contributed by atoms with Crippen LogP contribution in [-0.4, -0.2) is 31.3 Å². The molecule has 8 nitrogen and oxygen atoms in total. The molecule has 8 heteroatoms. The summed E-state index contributed by atoms with van der Waals surface area (Å²) in [5.74, 6) is 6.05. The van der Waals surface area contributed by atoms with E-state index < -0.39 is 0 Å². The van der Waals surface area contributed by atoms with Gasteiger partial charge in [0.05, 0.1) is 12.3 Å². The third-order valence-electron chi connectivity index (χ3n) is 3.15. The molecule has 0 radical (unpaired) electrons. The molecule has 114 valence electrons. The van der Waals surface area contributed by atoms with E-state index >= 15 is 0 Å². The predicted octanol–water partition coefficient (Wildman–Crippen LogP) is 1.31. The molecule has 3 N–H and O–H groups in total. The fraction of sp³-hybridized carbons (Fsp3) is 0.538. The largest absolute Gasteiger partial charge is 0.463 e. The van der Waals surface area contributed by atoms with Crippen LogP contribution in [0.25, 0.3) is 5.95 Å². The molecule has 0 aromatic carbocycles. The molecule has 0 fully saturated rings. The normalized spacial score (nSPS) is 10.7. The lowest BCUT2D eigenvalue weighted by Gasteiger charge is -2.08. The van der Waals surface area contributed by atoms with Crippen molar-refractivity contribution >= 4 is 5.95 Å². The van der Waals surface area contributed by atoms with E-state index in [4.69, 9.17) is 10.6 Å². The van der Waals surface area contributed by atoms with Gasteiger partial charge in [-0.1, -0.05) is 13.8 Å². The third-order valence-corrected chi connectivity index (χ3v) is 3.15. The van der Waals surface area contributed by atoms with Crippen molar-refractivity contribution in [3.63, 3.8) is 0 Å². The van der Waals surface area contributed by atoms with Crippen LogP contribution in [0, 0.1) is 13.8 Å². The maximum Gasteiger partial charge on any atom is 0.323 e. The first kappa shape index (κ1) is 15.2. The Balaban J connectivity index is 2.47. The second kappa shape index (κ2) is 6.49. The quantitative estimate of drug-likeness (QED) is 0.610. The monoisotopic (exact) mass is 291 g/mol. The number of hydrogen-bond donors (Lipinski definition) is 2. The molecule has 2 heterocycles. The predicted molar refractivity (Wildman–Crippen MR) is 79.4 cm³/mol. The highest BCUT2D eigenvalue weighted by Crippen LogP contribution is 2.18.